The van der Waals surface area contributed by atoms with Crippen molar-refractivity contribution >= 4 is 17.4 Å². The quantitative estimate of drug-likeness (QED) is 0.420. The minimum Gasteiger partial charge on any atom is -0.491 e. The lowest BCUT2D eigenvalue weighted by Gasteiger charge is -2.09. The Morgan fingerprint density at radius 2 is 1.68 bits per heavy atom. The van der Waals surface area contributed by atoms with Gasteiger partial charge in [-0.15, -0.1) is 11.8 Å². The third kappa shape index (κ3) is 6.42. The second kappa shape index (κ2) is 8.89. The third-order valence-electron chi connectivity index (χ3n) is 3.19. The molecule has 3 nitrogen and oxygen atoms in total. The van der Waals surface area contributed by atoms with Crippen LogP contribution in [-0.2, 0) is 6.18 Å². The molecule has 2 rings (SSSR count). The summed E-state index contributed by atoms with van der Waals surface area (Å²) in [4.78, 5) is 1.19. The van der Waals surface area contributed by atoms with Crippen LogP contribution in [0.3, 0.4) is 0 Å². The maximum absolute atomic E-state index is 12.5. The van der Waals surface area contributed by atoms with Gasteiger partial charge in [-0.25, -0.2) is 0 Å². The highest BCUT2D eigenvalue weighted by Crippen LogP contribution is 2.30. The van der Waals surface area contributed by atoms with Crippen molar-refractivity contribution in [3.05, 3.63) is 54.1 Å². The van der Waals surface area contributed by atoms with Gasteiger partial charge in [0, 0.05) is 4.90 Å². The van der Waals surface area contributed by atoms with Gasteiger partial charge in [-0.1, -0.05) is 6.92 Å². The number of ether oxygens (including phenoxy) is 1. The van der Waals surface area contributed by atoms with E-state index in [-0.39, 0.29) is 6.04 Å². The van der Waals surface area contributed by atoms with Crippen LogP contribution in [0.2, 0.25) is 0 Å². The zero-order chi connectivity index (χ0) is 18.3. The van der Waals surface area contributed by atoms with Crippen molar-refractivity contribution in [2.24, 2.45) is 10.2 Å². The minimum atomic E-state index is -4.35. The highest BCUT2D eigenvalue weighted by Gasteiger charge is 2.29. The van der Waals surface area contributed by atoms with Crippen LogP contribution >= 0.6 is 11.8 Å². The van der Waals surface area contributed by atoms with Crippen LogP contribution in [0.25, 0.3) is 0 Å². The number of hydrogen-bond acceptors (Lipinski definition) is 4. The Hall–Kier alpha value is -2.02. The first-order valence-corrected chi connectivity index (χ1v) is 8.81. The molecule has 0 saturated carbocycles. The summed E-state index contributed by atoms with van der Waals surface area (Å²) in [7, 11) is 0. The first-order chi connectivity index (χ1) is 11.9. The number of thioether (sulfide) groups is 1. The summed E-state index contributed by atoms with van der Waals surface area (Å²) in [6, 6.07) is 12.2. The second-order valence-electron chi connectivity index (χ2n) is 5.32. The molecular weight excluding hydrogens is 349 g/mol. The van der Waals surface area contributed by atoms with Gasteiger partial charge in [0.05, 0.1) is 11.3 Å². The zero-order valence-corrected chi connectivity index (χ0v) is 14.8. The van der Waals surface area contributed by atoms with Crippen molar-refractivity contribution < 1.29 is 17.9 Å². The van der Waals surface area contributed by atoms with Crippen molar-refractivity contribution in [2.75, 3.05) is 12.4 Å². The van der Waals surface area contributed by atoms with E-state index >= 15 is 0 Å². The molecule has 25 heavy (non-hydrogen) atoms. The van der Waals surface area contributed by atoms with E-state index in [4.69, 9.17) is 4.74 Å². The van der Waals surface area contributed by atoms with Crippen LogP contribution in [0.5, 0.6) is 5.75 Å². The molecule has 1 atom stereocenters. The summed E-state index contributed by atoms with van der Waals surface area (Å²) in [6.07, 6.45) is -4.35. The molecule has 0 radical (unpaired) electrons. The van der Waals surface area contributed by atoms with E-state index in [0.717, 1.165) is 23.6 Å². The van der Waals surface area contributed by atoms with Crippen molar-refractivity contribution in [2.45, 2.75) is 31.0 Å². The predicted molar refractivity (Wildman–Crippen MR) is 93.8 cm³/mol. The van der Waals surface area contributed by atoms with E-state index in [2.05, 4.69) is 17.2 Å². The van der Waals surface area contributed by atoms with Crippen LogP contribution in [0.4, 0.5) is 18.9 Å². The molecule has 0 amide bonds. The van der Waals surface area contributed by atoms with Gasteiger partial charge in [-0.3, -0.25) is 0 Å². The summed E-state index contributed by atoms with van der Waals surface area (Å²) in [5.74, 6) is 1.76. The van der Waals surface area contributed by atoms with Crippen LogP contribution in [0.1, 0.15) is 19.4 Å². The Morgan fingerprint density at radius 3 is 2.24 bits per heavy atom. The standard InChI is InChI=1S/C18H19F3N2OS/c1-3-25-17-10-8-16(9-11-17)24-12-13(2)22-23-15-6-4-14(5-7-15)18(19,20)21/h4-11,13H,3,12H2,1-2H3. The van der Waals surface area contributed by atoms with Crippen molar-refractivity contribution in [1.29, 1.82) is 0 Å². The van der Waals surface area contributed by atoms with Crippen molar-refractivity contribution in [1.82, 2.24) is 0 Å². The molecule has 0 aromatic heterocycles. The molecule has 0 saturated heterocycles. The van der Waals surface area contributed by atoms with Crippen LogP contribution in [0, 0.1) is 0 Å². The number of rotatable bonds is 7. The highest BCUT2D eigenvalue weighted by atomic mass is 32.2. The normalized spacial score (nSPS) is 13.2. The summed E-state index contributed by atoms with van der Waals surface area (Å²) in [5, 5.41) is 8.02. The number of benzene rings is 2. The van der Waals surface area contributed by atoms with E-state index in [1.54, 1.807) is 11.8 Å². The van der Waals surface area contributed by atoms with Gasteiger partial charge in [0.2, 0.25) is 0 Å². The fourth-order valence-electron chi connectivity index (χ4n) is 1.93. The zero-order valence-electron chi connectivity index (χ0n) is 14.0. The smallest absolute Gasteiger partial charge is 0.416 e. The summed E-state index contributed by atoms with van der Waals surface area (Å²) in [6.45, 7) is 4.26. The van der Waals surface area contributed by atoms with Crippen LogP contribution in [0.15, 0.2) is 63.7 Å². The van der Waals surface area contributed by atoms with E-state index in [1.165, 1.54) is 17.0 Å². The molecule has 2 aromatic carbocycles. The molecule has 0 N–H and O–H groups in total. The van der Waals surface area contributed by atoms with E-state index < -0.39 is 11.7 Å². The highest BCUT2D eigenvalue weighted by molar-refractivity contribution is 7.99. The number of halogens is 3. The van der Waals surface area contributed by atoms with Crippen LogP contribution < -0.4 is 4.74 Å². The number of hydrogen-bond donors (Lipinski definition) is 0. The SMILES string of the molecule is CCSc1ccc(OCC(C)N=Nc2ccc(C(F)(F)F)cc2)cc1. The molecule has 0 heterocycles. The largest absolute Gasteiger partial charge is 0.491 e. The Morgan fingerprint density at radius 1 is 1.04 bits per heavy atom. The lowest BCUT2D eigenvalue weighted by Crippen LogP contribution is -2.11. The molecule has 0 bridgehead atoms. The maximum atomic E-state index is 12.5. The van der Waals surface area contributed by atoms with E-state index in [9.17, 15) is 13.2 Å². The molecule has 0 spiro atoms. The van der Waals surface area contributed by atoms with Gasteiger partial charge < -0.3 is 4.74 Å². The van der Waals surface area contributed by atoms with Gasteiger partial charge in [-0.2, -0.15) is 23.4 Å². The molecule has 2 aromatic rings. The molecular formula is C18H19F3N2OS. The Balaban J connectivity index is 1.85. The predicted octanol–water partition coefficient (Wildman–Crippen LogP) is 6.37. The fraction of sp³-hybridized carbons (Fsp3) is 0.333. The van der Waals surface area contributed by atoms with Gasteiger partial charge in [-0.05, 0) is 61.2 Å². The van der Waals surface area contributed by atoms with Gasteiger partial charge in [0.25, 0.3) is 0 Å². The third-order valence-corrected chi connectivity index (χ3v) is 4.09. The first-order valence-electron chi connectivity index (χ1n) is 7.82. The molecule has 0 aliphatic carbocycles. The fourth-order valence-corrected chi connectivity index (χ4v) is 2.59. The maximum Gasteiger partial charge on any atom is 0.416 e. The van der Waals surface area contributed by atoms with E-state index in [0.29, 0.717) is 12.3 Å². The Kier molecular flexibility index (Phi) is 6.87. The molecule has 134 valence electrons. The van der Waals surface area contributed by atoms with Crippen molar-refractivity contribution in [3.8, 4) is 5.75 Å². The molecule has 1 unspecified atom stereocenters. The monoisotopic (exact) mass is 368 g/mol. The van der Waals surface area contributed by atoms with E-state index in [1.807, 2.05) is 31.2 Å². The number of nitrogens with zero attached hydrogens (tertiary/aromatic N) is 2. The first kappa shape index (κ1) is 19.3. The second-order valence-corrected chi connectivity index (χ2v) is 6.66. The molecule has 0 aliphatic rings. The molecule has 7 heteroatoms. The van der Waals surface area contributed by atoms with Gasteiger partial charge in [0.15, 0.2) is 0 Å². The molecule has 0 aliphatic heterocycles. The molecule has 0 fully saturated rings. The lowest BCUT2D eigenvalue weighted by molar-refractivity contribution is -0.137. The van der Waals surface area contributed by atoms with Gasteiger partial charge >= 0.3 is 6.18 Å². The number of alkyl halides is 3. The van der Waals surface area contributed by atoms with Crippen LogP contribution in [-0.4, -0.2) is 18.4 Å². The van der Waals surface area contributed by atoms with Crippen molar-refractivity contribution in [3.63, 3.8) is 0 Å². The summed E-state index contributed by atoms with van der Waals surface area (Å²) >= 11 is 1.76. The summed E-state index contributed by atoms with van der Waals surface area (Å²) in [5.41, 5.74) is -0.326. The summed E-state index contributed by atoms with van der Waals surface area (Å²) < 4.78 is 43.1. The topological polar surface area (TPSA) is 34.0 Å². The average molecular weight is 368 g/mol. The van der Waals surface area contributed by atoms with Gasteiger partial charge in [0.1, 0.15) is 18.4 Å². The Bertz CT molecular complexity index is 685. The average Bonchev–Trinajstić information content (AvgIpc) is 2.59. The lowest BCUT2D eigenvalue weighted by atomic mass is 10.2. The Labute approximate surface area is 149 Å². The minimum absolute atomic E-state index is 0.216. The number of azo groups is 1.